The first-order valence-electron chi connectivity index (χ1n) is 6.20. The van der Waals surface area contributed by atoms with Crippen molar-refractivity contribution in [3.63, 3.8) is 0 Å². The lowest BCUT2D eigenvalue weighted by Crippen LogP contribution is -2.16. The molecule has 0 N–H and O–H groups in total. The van der Waals surface area contributed by atoms with Crippen LogP contribution in [0, 0.1) is 5.92 Å². The molecule has 3 heteroatoms. The van der Waals surface area contributed by atoms with E-state index in [9.17, 15) is 4.79 Å². The van der Waals surface area contributed by atoms with Crippen molar-refractivity contribution >= 4 is 16.7 Å². The minimum Gasteiger partial charge on any atom is -0.292 e. The molecule has 3 nitrogen and oxygen atoms in total. The monoisotopic (exact) mass is 228 g/mol. The minimum atomic E-state index is 0.200. The van der Waals surface area contributed by atoms with E-state index < -0.39 is 0 Å². The molecule has 1 aliphatic rings. The van der Waals surface area contributed by atoms with Crippen molar-refractivity contribution in [3.05, 3.63) is 30.0 Å². The van der Waals surface area contributed by atoms with E-state index in [1.54, 1.807) is 4.68 Å². The molecule has 0 unspecified atom stereocenters. The highest BCUT2D eigenvalue weighted by Gasteiger charge is 2.24. The van der Waals surface area contributed by atoms with E-state index in [1.165, 1.54) is 19.3 Å². The maximum atomic E-state index is 12.2. The van der Waals surface area contributed by atoms with Crippen molar-refractivity contribution in [2.75, 3.05) is 0 Å². The van der Waals surface area contributed by atoms with E-state index in [1.807, 2.05) is 31.3 Å². The fourth-order valence-electron chi connectivity index (χ4n) is 2.48. The first kappa shape index (κ1) is 10.5. The quantitative estimate of drug-likeness (QED) is 0.757. The molecule has 1 fully saturated rings. The molecular formula is C14H16N2O. The van der Waals surface area contributed by atoms with Crippen molar-refractivity contribution in [1.82, 2.24) is 9.78 Å². The Labute approximate surface area is 100 Å². The summed E-state index contributed by atoms with van der Waals surface area (Å²) in [6.07, 6.45) is 4.36. The van der Waals surface area contributed by atoms with Gasteiger partial charge in [-0.15, -0.1) is 0 Å². The Bertz CT molecular complexity index is 567. The number of hydrogen-bond acceptors (Lipinski definition) is 2. The number of fused-ring (bicyclic) bond motifs is 1. The molecule has 3 rings (SSSR count). The van der Waals surface area contributed by atoms with Gasteiger partial charge in [-0.2, -0.15) is 5.10 Å². The Balaban J connectivity index is 1.96. The molecule has 0 atom stereocenters. The van der Waals surface area contributed by atoms with Crippen LogP contribution in [0.1, 0.15) is 36.2 Å². The Hall–Kier alpha value is -1.64. The van der Waals surface area contributed by atoms with Gasteiger partial charge >= 0.3 is 0 Å². The van der Waals surface area contributed by atoms with E-state index in [-0.39, 0.29) is 5.78 Å². The summed E-state index contributed by atoms with van der Waals surface area (Å²) in [4.78, 5) is 12.2. The van der Waals surface area contributed by atoms with E-state index in [0.717, 1.165) is 10.9 Å². The number of carbonyl (C=O) groups is 1. The van der Waals surface area contributed by atoms with Gasteiger partial charge in [-0.05, 0) is 12.0 Å². The summed E-state index contributed by atoms with van der Waals surface area (Å²) in [5.74, 6) is 0.801. The lowest BCUT2D eigenvalue weighted by atomic mass is 9.81. The fourth-order valence-corrected chi connectivity index (χ4v) is 2.48. The van der Waals surface area contributed by atoms with Gasteiger partial charge < -0.3 is 0 Å². The Morgan fingerprint density at radius 2 is 2.18 bits per heavy atom. The number of carbonyl (C=O) groups excluding carboxylic acids is 1. The molecule has 2 aromatic rings. The smallest absolute Gasteiger partial charge is 0.183 e. The zero-order chi connectivity index (χ0) is 11.8. The summed E-state index contributed by atoms with van der Waals surface area (Å²) in [5, 5.41) is 5.35. The van der Waals surface area contributed by atoms with Gasteiger partial charge in [0.15, 0.2) is 5.78 Å². The average Bonchev–Trinajstić information content (AvgIpc) is 2.62. The second-order valence-electron chi connectivity index (χ2n) is 4.91. The number of hydrogen-bond donors (Lipinski definition) is 0. The van der Waals surface area contributed by atoms with Crippen LogP contribution in [0.3, 0.4) is 0 Å². The Morgan fingerprint density at radius 1 is 1.41 bits per heavy atom. The van der Waals surface area contributed by atoms with Gasteiger partial charge in [0.25, 0.3) is 0 Å². The third-order valence-electron chi connectivity index (χ3n) is 3.72. The molecular weight excluding hydrogens is 212 g/mol. The summed E-state index contributed by atoms with van der Waals surface area (Å²) < 4.78 is 1.79. The largest absolute Gasteiger partial charge is 0.292 e. The van der Waals surface area contributed by atoms with E-state index in [4.69, 9.17) is 0 Å². The molecule has 88 valence electrons. The topological polar surface area (TPSA) is 34.9 Å². The third-order valence-corrected chi connectivity index (χ3v) is 3.72. The van der Waals surface area contributed by atoms with Gasteiger partial charge in [0.1, 0.15) is 5.69 Å². The van der Waals surface area contributed by atoms with Gasteiger partial charge in [-0.25, -0.2) is 0 Å². The van der Waals surface area contributed by atoms with Gasteiger partial charge in [-0.3, -0.25) is 9.48 Å². The molecule has 1 aliphatic carbocycles. The van der Waals surface area contributed by atoms with Crippen molar-refractivity contribution in [2.24, 2.45) is 13.0 Å². The van der Waals surface area contributed by atoms with E-state index >= 15 is 0 Å². The molecule has 1 saturated carbocycles. The number of aromatic nitrogens is 2. The lowest BCUT2D eigenvalue weighted by molar-refractivity contribution is 0.0932. The van der Waals surface area contributed by atoms with Crippen LogP contribution in [0.15, 0.2) is 24.3 Å². The fraction of sp³-hybridized carbons (Fsp3) is 0.429. The van der Waals surface area contributed by atoms with Crippen LogP contribution in [0.5, 0.6) is 0 Å². The highest BCUT2D eigenvalue weighted by atomic mass is 16.1. The van der Waals surface area contributed by atoms with Crippen LogP contribution in [0.2, 0.25) is 0 Å². The molecule has 0 radical (unpaired) electrons. The van der Waals surface area contributed by atoms with Crippen LogP contribution in [-0.2, 0) is 7.05 Å². The number of benzene rings is 1. The standard InChI is InChI=1S/C14H16N2O/c1-16-12-8-3-2-7-11(12)14(15-16)13(17)9-10-5-4-6-10/h2-3,7-8,10H,4-6,9H2,1H3. The molecule has 1 aromatic heterocycles. The summed E-state index contributed by atoms with van der Waals surface area (Å²) >= 11 is 0. The zero-order valence-corrected chi connectivity index (χ0v) is 10.0. The molecule has 0 amide bonds. The van der Waals surface area contributed by atoms with Crippen molar-refractivity contribution in [1.29, 1.82) is 0 Å². The molecule has 0 saturated heterocycles. The predicted molar refractivity (Wildman–Crippen MR) is 67.0 cm³/mol. The lowest BCUT2D eigenvalue weighted by Gasteiger charge is -2.23. The number of rotatable bonds is 3. The second kappa shape index (κ2) is 3.99. The third kappa shape index (κ3) is 1.75. The number of aryl methyl sites for hydroxylation is 1. The average molecular weight is 228 g/mol. The second-order valence-corrected chi connectivity index (χ2v) is 4.91. The maximum Gasteiger partial charge on any atom is 0.183 e. The van der Waals surface area contributed by atoms with Crippen LogP contribution >= 0.6 is 0 Å². The molecule has 0 spiro atoms. The van der Waals surface area contributed by atoms with Gasteiger partial charge in [0.05, 0.1) is 5.52 Å². The highest BCUT2D eigenvalue weighted by molar-refractivity contribution is 6.06. The zero-order valence-electron chi connectivity index (χ0n) is 10.0. The molecule has 0 bridgehead atoms. The predicted octanol–water partition coefficient (Wildman–Crippen LogP) is 2.95. The molecule has 1 heterocycles. The summed E-state index contributed by atoms with van der Waals surface area (Å²) in [5.41, 5.74) is 1.68. The van der Waals surface area contributed by atoms with Crippen LogP contribution in [0.25, 0.3) is 10.9 Å². The van der Waals surface area contributed by atoms with Gasteiger partial charge in [-0.1, -0.05) is 37.5 Å². The summed E-state index contributed by atoms with van der Waals surface area (Å²) in [7, 11) is 1.89. The van der Waals surface area contributed by atoms with Gasteiger partial charge in [0, 0.05) is 18.9 Å². The van der Waals surface area contributed by atoms with E-state index in [2.05, 4.69) is 5.10 Å². The first-order chi connectivity index (χ1) is 8.25. The number of nitrogens with zero attached hydrogens (tertiary/aromatic N) is 2. The molecule has 0 aliphatic heterocycles. The van der Waals surface area contributed by atoms with E-state index in [0.29, 0.717) is 18.0 Å². The molecule has 17 heavy (non-hydrogen) atoms. The maximum absolute atomic E-state index is 12.2. The van der Waals surface area contributed by atoms with Crippen molar-refractivity contribution in [3.8, 4) is 0 Å². The number of Topliss-reactive ketones (excluding diaryl/α,β-unsaturated/α-hetero) is 1. The number of para-hydroxylation sites is 1. The molecule has 1 aromatic carbocycles. The van der Waals surface area contributed by atoms with Crippen LogP contribution in [-0.4, -0.2) is 15.6 Å². The number of ketones is 1. The minimum absolute atomic E-state index is 0.200. The normalized spacial score (nSPS) is 16.1. The van der Waals surface area contributed by atoms with Crippen LogP contribution in [0.4, 0.5) is 0 Å². The van der Waals surface area contributed by atoms with Crippen LogP contribution < -0.4 is 0 Å². The SMILES string of the molecule is Cn1nc(C(=O)CC2CCC2)c2ccccc21. The summed E-state index contributed by atoms with van der Waals surface area (Å²) in [6.45, 7) is 0. The van der Waals surface area contributed by atoms with Crippen molar-refractivity contribution < 1.29 is 4.79 Å². The Morgan fingerprint density at radius 3 is 2.88 bits per heavy atom. The van der Waals surface area contributed by atoms with Crippen molar-refractivity contribution in [2.45, 2.75) is 25.7 Å². The highest BCUT2D eigenvalue weighted by Crippen LogP contribution is 2.31. The first-order valence-corrected chi connectivity index (χ1v) is 6.20. The summed E-state index contributed by atoms with van der Waals surface area (Å²) in [6, 6.07) is 7.92. The Kier molecular flexibility index (Phi) is 2.46. The van der Waals surface area contributed by atoms with Gasteiger partial charge in [0.2, 0.25) is 0 Å².